The monoisotopic (exact) mass is 442 g/mol. The Kier molecular flexibility index (Phi) is 6.05. The molecule has 32 heavy (non-hydrogen) atoms. The first-order valence-corrected chi connectivity index (χ1v) is 11.1. The van der Waals surface area contributed by atoms with Crippen LogP contribution in [0.5, 0.6) is 0 Å². The molecule has 0 radical (unpaired) electrons. The van der Waals surface area contributed by atoms with Crippen LogP contribution in [0.1, 0.15) is 46.4 Å². The summed E-state index contributed by atoms with van der Waals surface area (Å²) in [6, 6.07) is 3.79. The third-order valence-corrected chi connectivity index (χ3v) is 6.97. The zero-order valence-corrected chi connectivity index (χ0v) is 18.5. The second-order valence-corrected chi connectivity index (χ2v) is 9.44. The smallest absolute Gasteiger partial charge is 0.264 e. The van der Waals surface area contributed by atoms with Gasteiger partial charge in [0, 0.05) is 38.8 Å². The van der Waals surface area contributed by atoms with E-state index in [1.165, 1.54) is 33.0 Å². The van der Waals surface area contributed by atoms with Gasteiger partial charge < -0.3 is 25.4 Å². The predicted octanol–water partition coefficient (Wildman–Crippen LogP) is 0.491. The van der Waals surface area contributed by atoms with Crippen LogP contribution in [0.15, 0.2) is 18.2 Å². The molecule has 2 fully saturated rings. The fourth-order valence-electron chi connectivity index (χ4n) is 5.61. The molecule has 1 saturated heterocycles. The number of nitrogens with zero attached hydrogens (tertiary/aromatic N) is 2. The van der Waals surface area contributed by atoms with E-state index in [-0.39, 0.29) is 17.5 Å². The van der Waals surface area contributed by atoms with Crippen LogP contribution >= 0.6 is 0 Å². The van der Waals surface area contributed by atoms with Gasteiger partial charge in [-0.25, -0.2) is 0 Å². The summed E-state index contributed by atoms with van der Waals surface area (Å²) >= 11 is 0. The Morgan fingerprint density at radius 3 is 2.62 bits per heavy atom. The van der Waals surface area contributed by atoms with Gasteiger partial charge in [0.2, 0.25) is 5.91 Å². The Morgan fingerprint density at radius 1 is 1.28 bits per heavy atom. The first-order valence-electron chi connectivity index (χ1n) is 11.1. The summed E-state index contributed by atoms with van der Waals surface area (Å²) in [7, 11) is 3.50. The number of imide groups is 1. The van der Waals surface area contributed by atoms with Crippen molar-refractivity contribution in [1.82, 2.24) is 15.1 Å². The summed E-state index contributed by atoms with van der Waals surface area (Å²) < 4.78 is 0. The quantitative estimate of drug-likeness (QED) is 0.376. The van der Waals surface area contributed by atoms with E-state index in [9.17, 15) is 24.3 Å². The lowest BCUT2D eigenvalue weighted by molar-refractivity contribution is -0.130. The summed E-state index contributed by atoms with van der Waals surface area (Å²) in [4.78, 5) is 52.4. The van der Waals surface area contributed by atoms with E-state index in [1.807, 2.05) is 0 Å². The molecule has 1 spiro atoms. The van der Waals surface area contributed by atoms with Crippen LogP contribution < -0.4 is 10.6 Å². The lowest BCUT2D eigenvalue weighted by atomic mass is 9.57. The van der Waals surface area contributed by atoms with Crippen molar-refractivity contribution < 1.29 is 24.3 Å². The largest absolute Gasteiger partial charge is 0.384 e. The number of anilines is 1. The van der Waals surface area contributed by atoms with Crippen LogP contribution in [-0.2, 0) is 9.59 Å². The van der Waals surface area contributed by atoms with Crippen LogP contribution in [0.4, 0.5) is 5.69 Å². The van der Waals surface area contributed by atoms with Gasteiger partial charge in [-0.2, -0.15) is 0 Å². The van der Waals surface area contributed by atoms with E-state index >= 15 is 0 Å². The number of aliphatic hydroxyl groups is 1. The highest BCUT2D eigenvalue weighted by molar-refractivity contribution is 6.24. The van der Waals surface area contributed by atoms with Crippen molar-refractivity contribution in [3.8, 4) is 0 Å². The molecule has 9 heteroatoms. The molecule has 9 nitrogen and oxygen atoms in total. The third-order valence-electron chi connectivity index (χ3n) is 6.97. The van der Waals surface area contributed by atoms with E-state index in [1.54, 1.807) is 18.2 Å². The van der Waals surface area contributed by atoms with Crippen LogP contribution in [-0.4, -0.2) is 84.8 Å². The van der Waals surface area contributed by atoms with Crippen LogP contribution in [0, 0.1) is 11.3 Å². The number of hydrogen-bond acceptors (Lipinski definition) is 7. The molecule has 1 aliphatic carbocycles. The number of aliphatic hydroxyl groups excluding tert-OH is 1. The minimum Gasteiger partial charge on any atom is -0.384 e. The molecule has 172 valence electrons. The molecule has 1 saturated carbocycles. The highest BCUT2D eigenvalue weighted by atomic mass is 16.3. The molecule has 1 aromatic carbocycles. The molecule has 2 unspecified atom stereocenters. The topological polar surface area (TPSA) is 119 Å². The molecule has 1 aromatic rings. The minimum absolute atomic E-state index is 0.224. The summed E-state index contributed by atoms with van der Waals surface area (Å²) in [6.45, 7) is 3.06. The van der Waals surface area contributed by atoms with Crippen molar-refractivity contribution in [2.24, 2.45) is 11.3 Å². The number of fused-ring (bicyclic) bond motifs is 1. The fraction of sp³-hybridized carbons (Fsp3) is 0.565. The highest BCUT2D eigenvalue weighted by Gasteiger charge is 2.50. The lowest BCUT2D eigenvalue weighted by Gasteiger charge is -2.58. The molecule has 3 aliphatic rings. The van der Waals surface area contributed by atoms with Gasteiger partial charge in [0.15, 0.2) is 0 Å². The van der Waals surface area contributed by atoms with Crippen molar-refractivity contribution >= 4 is 29.7 Å². The number of hydrogen-bond donors (Lipinski definition) is 3. The molecule has 2 aliphatic heterocycles. The fourth-order valence-corrected chi connectivity index (χ4v) is 5.61. The number of likely N-dealkylation sites (tertiary alicyclic amines) is 1. The maximum atomic E-state index is 13.1. The van der Waals surface area contributed by atoms with Crippen molar-refractivity contribution in [2.45, 2.75) is 37.8 Å². The Bertz CT molecular complexity index is 934. The molecule has 2 atom stereocenters. The van der Waals surface area contributed by atoms with Gasteiger partial charge >= 0.3 is 0 Å². The minimum atomic E-state index is -1.50. The first-order chi connectivity index (χ1) is 15.3. The van der Waals surface area contributed by atoms with E-state index in [0.29, 0.717) is 29.9 Å². The number of carbonyl (C=O) groups is 4. The third kappa shape index (κ3) is 3.91. The number of amides is 3. The number of nitrogens with one attached hydrogen (secondary N) is 2. The summed E-state index contributed by atoms with van der Waals surface area (Å²) in [6.07, 6.45) is 2.05. The summed E-state index contributed by atoms with van der Waals surface area (Å²) in [5.74, 6) is -1.19. The maximum Gasteiger partial charge on any atom is 0.264 e. The SMILES string of the molecule is CNC(=O)C(O)CC(C=O)N1C(=O)c2cccc(NCCC3CC4(C3)CN(C)C4)c2C1=O. The van der Waals surface area contributed by atoms with Crippen molar-refractivity contribution in [3.05, 3.63) is 29.3 Å². The van der Waals surface area contributed by atoms with E-state index < -0.39 is 29.9 Å². The van der Waals surface area contributed by atoms with E-state index in [4.69, 9.17) is 0 Å². The molecular formula is C23H30N4O5. The molecule has 0 aromatic heterocycles. The normalized spacial score (nSPS) is 21.5. The van der Waals surface area contributed by atoms with Gasteiger partial charge in [-0.15, -0.1) is 0 Å². The number of rotatable bonds is 9. The first kappa shape index (κ1) is 22.4. The van der Waals surface area contributed by atoms with Gasteiger partial charge in [0.25, 0.3) is 11.8 Å². The predicted molar refractivity (Wildman–Crippen MR) is 117 cm³/mol. The number of carbonyl (C=O) groups excluding carboxylic acids is 4. The van der Waals surface area contributed by atoms with Crippen molar-refractivity contribution in [2.75, 3.05) is 39.0 Å². The standard InChI is InChI=1S/C23H30N4O5/c1-24-20(30)18(29)8-15(11-28)27-21(31)16-4-3-5-17(19(16)22(27)32)25-7-6-14-9-23(10-14)12-26(2)13-23/h3-5,11,14-15,18,25,29H,6-10,12-13H2,1-2H3,(H,24,30). The zero-order chi connectivity index (χ0) is 23.0. The van der Waals surface area contributed by atoms with Crippen molar-refractivity contribution in [3.63, 3.8) is 0 Å². The van der Waals surface area contributed by atoms with E-state index in [2.05, 4.69) is 22.6 Å². The van der Waals surface area contributed by atoms with Gasteiger partial charge in [-0.1, -0.05) is 6.07 Å². The Balaban J connectivity index is 1.40. The average Bonchev–Trinajstić information content (AvgIpc) is 2.99. The van der Waals surface area contributed by atoms with Crippen LogP contribution in [0.25, 0.3) is 0 Å². The molecule has 3 N–H and O–H groups in total. The van der Waals surface area contributed by atoms with Crippen LogP contribution in [0.2, 0.25) is 0 Å². The van der Waals surface area contributed by atoms with Gasteiger partial charge in [0.05, 0.1) is 17.2 Å². The zero-order valence-electron chi connectivity index (χ0n) is 18.5. The number of aldehydes is 1. The number of benzene rings is 1. The van der Waals surface area contributed by atoms with Gasteiger partial charge in [-0.3, -0.25) is 19.3 Å². The maximum absolute atomic E-state index is 13.1. The summed E-state index contributed by atoms with van der Waals surface area (Å²) in [5, 5.41) is 15.5. The number of likely N-dealkylation sites (N-methyl/N-ethyl adjacent to an activating group) is 1. The Labute approximate surface area is 187 Å². The molecule has 2 heterocycles. The second kappa shape index (κ2) is 8.63. The molecule has 3 amide bonds. The van der Waals surface area contributed by atoms with Crippen LogP contribution in [0.3, 0.4) is 0 Å². The Morgan fingerprint density at radius 2 is 2.00 bits per heavy atom. The lowest BCUT2D eigenvalue weighted by Crippen LogP contribution is -2.60. The Hall–Kier alpha value is -2.78. The average molecular weight is 443 g/mol. The second-order valence-electron chi connectivity index (χ2n) is 9.44. The highest BCUT2D eigenvalue weighted by Crippen LogP contribution is 2.52. The summed E-state index contributed by atoms with van der Waals surface area (Å²) in [5.41, 5.74) is 1.56. The van der Waals surface area contributed by atoms with Gasteiger partial charge in [0.1, 0.15) is 12.4 Å². The molecule has 4 rings (SSSR count). The van der Waals surface area contributed by atoms with E-state index in [0.717, 1.165) is 11.3 Å². The molecule has 0 bridgehead atoms. The van der Waals surface area contributed by atoms with Gasteiger partial charge in [-0.05, 0) is 49.8 Å². The molecular weight excluding hydrogens is 412 g/mol. The van der Waals surface area contributed by atoms with Crippen molar-refractivity contribution in [1.29, 1.82) is 0 Å².